The van der Waals surface area contributed by atoms with Gasteiger partial charge < -0.3 is 5.11 Å². The minimum Gasteiger partial charge on any atom is -0.478 e. The van der Waals surface area contributed by atoms with Crippen molar-refractivity contribution < 1.29 is 18.3 Å². The SMILES string of the molecule is CCC(CC)CNS(=O)(=O)c1cc(C(=O)O)cc(C)c1Br. The summed E-state index contributed by atoms with van der Waals surface area (Å²) in [4.78, 5) is 11.0. The molecule has 0 unspecified atom stereocenters. The molecule has 5 nitrogen and oxygen atoms in total. The lowest BCUT2D eigenvalue weighted by Crippen LogP contribution is -2.29. The Balaban J connectivity index is 3.16. The highest BCUT2D eigenvalue weighted by molar-refractivity contribution is 9.10. The van der Waals surface area contributed by atoms with Crippen LogP contribution in [0.25, 0.3) is 0 Å². The summed E-state index contributed by atoms with van der Waals surface area (Å²) < 4.78 is 27.7. The number of carboxylic acids is 1. The molecule has 0 aliphatic carbocycles. The highest BCUT2D eigenvalue weighted by atomic mass is 79.9. The van der Waals surface area contributed by atoms with Crippen LogP contribution in [0.2, 0.25) is 0 Å². The van der Waals surface area contributed by atoms with E-state index in [-0.39, 0.29) is 16.4 Å². The minimum atomic E-state index is -3.74. The number of sulfonamides is 1. The van der Waals surface area contributed by atoms with Crippen LogP contribution in [0, 0.1) is 12.8 Å². The van der Waals surface area contributed by atoms with Crippen LogP contribution in [0.5, 0.6) is 0 Å². The summed E-state index contributed by atoms with van der Waals surface area (Å²) in [6.45, 7) is 6.02. The summed E-state index contributed by atoms with van der Waals surface area (Å²) in [5, 5.41) is 9.05. The number of hydrogen-bond acceptors (Lipinski definition) is 3. The largest absolute Gasteiger partial charge is 0.478 e. The Morgan fingerprint density at radius 2 is 1.90 bits per heavy atom. The predicted octanol–water partition coefficient (Wildman–Crippen LogP) is 3.17. The van der Waals surface area contributed by atoms with E-state index in [2.05, 4.69) is 20.7 Å². The zero-order valence-corrected chi connectivity index (χ0v) is 14.7. The first kappa shape index (κ1) is 18.1. The van der Waals surface area contributed by atoms with Crippen molar-refractivity contribution in [2.45, 2.75) is 38.5 Å². The number of nitrogens with one attached hydrogen (secondary N) is 1. The molecule has 0 saturated carbocycles. The summed E-state index contributed by atoms with van der Waals surface area (Å²) in [5.41, 5.74) is 0.524. The minimum absolute atomic E-state index is 0.0362. The lowest BCUT2D eigenvalue weighted by molar-refractivity contribution is 0.0696. The summed E-state index contributed by atoms with van der Waals surface area (Å²) >= 11 is 3.23. The molecule has 0 aromatic heterocycles. The van der Waals surface area contributed by atoms with Crippen molar-refractivity contribution in [3.8, 4) is 0 Å². The number of aryl methyl sites for hydroxylation is 1. The van der Waals surface area contributed by atoms with Crippen LogP contribution in [0.4, 0.5) is 0 Å². The van der Waals surface area contributed by atoms with Gasteiger partial charge in [-0.15, -0.1) is 0 Å². The molecule has 118 valence electrons. The second-order valence-electron chi connectivity index (χ2n) is 4.94. The van der Waals surface area contributed by atoms with Crippen molar-refractivity contribution in [1.29, 1.82) is 0 Å². The molecule has 1 aromatic carbocycles. The molecule has 0 fully saturated rings. The van der Waals surface area contributed by atoms with E-state index in [1.807, 2.05) is 13.8 Å². The van der Waals surface area contributed by atoms with Crippen LogP contribution in [0.1, 0.15) is 42.6 Å². The molecule has 1 rings (SSSR count). The van der Waals surface area contributed by atoms with Crippen molar-refractivity contribution in [3.63, 3.8) is 0 Å². The number of aromatic carboxylic acids is 1. The topological polar surface area (TPSA) is 83.5 Å². The Kier molecular flexibility index (Phi) is 6.37. The molecule has 1 aromatic rings. The average Bonchev–Trinajstić information content (AvgIpc) is 2.42. The fraction of sp³-hybridized carbons (Fsp3) is 0.500. The maximum absolute atomic E-state index is 12.4. The molecule has 0 amide bonds. The third-order valence-corrected chi connectivity index (χ3v) is 6.24. The van der Waals surface area contributed by atoms with Crippen molar-refractivity contribution in [2.75, 3.05) is 6.54 Å². The van der Waals surface area contributed by atoms with Gasteiger partial charge in [-0.1, -0.05) is 26.7 Å². The van der Waals surface area contributed by atoms with Crippen molar-refractivity contribution in [2.24, 2.45) is 5.92 Å². The quantitative estimate of drug-likeness (QED) is 0.764. The van der Waals surface area contributed by atoms with E-state index in [0.717, 1.165) is 12.8 Å². The lowest BCUT2D eigenvalue weighted by Gasteiger charge is -2.15. The second kappa shape index (κ2) is 7.38. The molecule has 0 saturated heterocycles. The van der Waals surface area contributed by atoms with Gasteiger partial charge in [0, 0.05) is 11.0 Å². The van der Waals surface area contributed by atoms with Gasteiger partial charge in [-0.25, -0.2) is 17.9 Å². The van der Waals surface area contributed by atoms with Gasteiger partial charge in [-0.05, 0) is 46.5 Å². The Bertz CT molecular complexity index is 624. The maximum atomic E-state index is 12.4. The summed E-state index contributed by atoms with van der Waals surface area (Å²) in [6.07, 6.45) is 1.77. The lowest BCUT2D eigenvalue weighted by atomic mass is 10.0. The van der Waals surface area contributed by atoms with Crippen LogP contribution >= 0.6 is 15.9 Å². The van der Waals surface area contributed by atoms with Crippen LogP contribution in [-0.4, -0.2) is 26.0 Å². The van der Waals surface area contributed by atoms with Crippen LogP contribution in [-0.2, 0) is 10.0 Å². The van der Waals surface area contributed by atoms with E-state index in [9.17, 15) is 13.2 Å². The Labute approximate surface area is 133 Å². The van der Waals surface area contributed by atoms with Gasteiger partial charge in [-0.2, -0.15) is 0 Å². The normalized spacial score (nSPS) is 11.9. The van der Waals surface area contributed by atoms with Crippen molar-refractivity contribution >= 4 is 31.9 Å². The number of halogens is 1. The number of carbonyl (C=O) groups is 1. The van der Waals surface area contributed by atoms with E-state index in [1.54, 1.807) is 6.92 Å². The third-order valence-electron chi connectivity index (χ3n) is 3.47. The second-order valence-corrected chi connectivity index (χ2v) is 7.47. The smallest absolute Gasteiger partial charge is 0.335 e. The molecular weight excluding hydrogens is 358 g/mol. The van der Waals surface area contributed by atoms with Crippen molar-refractivity contribution in [3.05, 3.63) is 27.7 Å². The van der Waals surface area contributed by atoms with Crippen LogP contribution in [0.3, 0.4) is 0 Å². The fourth-order valence-corrected chi connectivity index (χ4v) is 4.10. The molecule has 0 heterocycles. The van der Waals surface area contributed by atoms with Crippen LogP contribution in [0.15, 0.2) is 21.5 Å². The van der Waals surface area contributed by atoms with E-state index < -0.39 is 16.0 Å². The predicted molar refractivity (Wildman–Crippen MR) is 85.1 cm³/mol. The Morgan fingerprint density at radius 1 is 1.33 bits per heavy atom. The summed E-state index contributed by atoms with van der Waals surface area (Å²) in [6, 6.07) is 2.61. The highest BCUT2D eigenvalue weighted by Crippen LogP contribution is 2.27. The fourth-order valence-electron chi connectivity index (χ4n) is 1.94. The van der Waals surface area contributed by atoms with E-state index in [4.69, 9.17) is 5.11 Å². The van der Waals surface area contributed by atoms with Gasteiger partial charge in [0.15, 0.2) is 0 Å². The summed E-state index contributed by atoms with van der Waals surface area (Å²) in [5.74, 6) is -0.885. The zero-order valence-electron chi connectivity index (χ0n) is 12.3. The van der Waals surface area contributed by atoms with Gasteiger partial charge in [0.2, 0.25) is 10.0 Å². The van der Waals surface area contributed by atoms with Crippen LogP contribution < -0.4 is 4.72 Å². The number of rotatable bonds is 7. The average molecular weight is 378 g/mol. The van der Waals surface area contributed by atoms with Gasteiger partial charge in [0.1, 0.15) is 0 Å². The third kappa shape index (κ3) is 4.52. The number of carboxylic acid groups (broad SMARTS) is 1. The molecular formula is C14H20BrNO4S. The maximum Gasteiger partial charge on any atom is 0.335 e. The monoisotopic (exact) mass is 377 g/mol. The first-order valence-electron chi connectivity index (χ1n) is 6.76. The van der Waals surface area contributed by atoms with E-state index in [0.29, 0.717) is 16.6 Å². The molecule has 0 spiro atoms. The molecule has 7 heteroatoms. The number of benzene rings is 1. The zero-order chi connectivity index (χ0) is 16.2. The molecule has 0 radical (unpaired) electrons. The molecule has 21 heavy (non-hydrogen) atoms. The Morgan fingerprint density at radius 3 is 2.38 bits per heavy atom. The molecule has 0 bridgehead atoms. The first-order chi connectivity index (χ1) is 9.72. The van der Waals surface area contributed by atoms with Gasteiger partial charge in [-0.3, -0.25) is 0 Å². The van der Waals surface area contributed by atoms with Crippen molar-refractivity contribution in [1.82, 2.24) is 4.72 Å². The van der Waals surface area contributed by atoms with Gasteiger partial charge >= 0.3 is 5.97 Å². The molecule has 0 atom stereocenters. The molecule has 2 N–H and O–H groups in total. The van der Waals surface area contributed by atoms with E-state index >= 15 is 0 Å². The standard InChI is InChI=1S/C14H20BrNO4S/c1-4-10(5-2)8-16-21(19,20)12-7-11(14(17)18)6-9(3)13(12)15/h6-7,10,16H,4-5,8H2,1-3H3,(H,17,18). The molecule has 0 aliphatic rings. The summed E-state index contributed by atoms with van der Waals surface area (Å²) in [7, 11) is -3.74. The van der Waals surface area contributed by atoms with Gasteiger partial charge in [0.05, 0.1) is 10.5 Å². The van der Waals surface area contributed by atoms with Gasteiger partial charge in [0.25, 0.3) is 0 Å². The molecule has 0 aliphatic heterocycles. The highest BCUT2D eigenvalue weighted by Gasteiger charge is 2.22. The van der Waals surface area contributed by atoms with E-state index in [1.165, 1.54) is 12.1 Å². The first-order valence-corrected chi connectivity index (χ1v) is 9.03. The number of hydrogen-bond donors (Lipinski definition) is 2. The Hall–Kier alpha value is -0.920.